The molecule has 3 heteroatoms. The van der Waals surface area contributed by atoms with E-state index in [-0.39, 0.29) is 0 Å². The van der Waals surface area contributed by atoms with E-state index in [1.54, 1.807) is 0 Å². The number of anilines is 2. The fraction of sp³-hybridized carbons (Fsp3) is 0.294. The van der Waals surface area contributed by atoms with Gasteiger partial charge in [0.1, 0.15) is 0 Å². The van der Waals surface area contributed by atoms with Gasteiger partial charge in [-0.25, -0.2) is 0 Å². The first-order chi connectivity index (χ1) is 9.69. The van der Waals surface area contributed by atoms with Gasteiger partial charge in [-0.2, -0.15) is 0 Å². The van der Waals surface area contributed by atoms with Crippen LogP contribution in [0.5, 0.6) is 0 Å². The fourth-order valence-corrected chi connectivity index (χ4v) is 3.41. The van der Waals surface area contributed by atoms with Crippen LogP contribution >= 0.6 is 15.9 Å². The Labute approximate surface area is 128 Å². The lowest BCUT2D eigenvalue weighted by atomic mass is 9.93. The zero-order valence-corrected chi connectivity index (χ0v) is 13.2. The third-order valence-electron chi connectivity index (χ3n) is 3.90. The number of nitrogens with zero attached hydrogens (tertiary/aromatic N) is 1. The second-order valence-corrected chi connectivity index (χ2v) is 6.44. The summed E-state index contributed by atoms with van der Waals surface area (Å²) < 4.78 is 1.08. The first-order valence-electron chi connectivity index (χ1n) is 7.03. The lowest BCUT2D eigenvalue weighted by Gasteiger charge is -2.36. The van der Waals surface area contributed by atoms with Crippen molar-refractivity contribution in [3.05, 3.63) is 58.1 Å². The maximum absolute atomic E-state index is 5.93. The van der Waals surface area contributed by atoms with Crippen LogP contribution in [0.2, 0.25) is 0 Å². The van der Waals surface area contributed by atoms with E-state index in [0.29, 0.717) is 12.5 Å². The maximum atomic E-state index is 5.93. The highest BCUT2D eigenvalue weighted by Gasteiger charge is 2.23. The van der Waals surface area contributed by atoms with E-state index in [1.807, 2.05) is 0 Å². The van der Waals surface area contributed by atoms with Crippen molar-refractivity contribution in [2.24, 2.45) is 11.7 Å². The second kappa shape index (κ2) is 5.58. The van der Waals surface area contributed by atoms with Crippen molar-refractivity contribution in [2.75, 3.05) is 11.4 Å². The van der Waals surface area contributed by atoms with Crippen LogP contribution in [-0.4, -0.2) is 6.54 Å². The fourth-order valence-electron chi connectivity index (χ4n) is 3.01. The number of para-hydroxylation sites is 1. The van der Waals surface area contributed by atoms with Crippen molar-refractivity contribution >= 4 is 27.3 Å². The summed E-state index contributed by atoms with van der Waals surface area (Å²) >= 11 is 3.53. The molecule has 2 N–H and O–H groups in total. The normalized spacial score (nSPS) is 17.9. The van der Waals surface area contributed by atoms with E-state index in [1.165, 1.54) is 22.5 Å². The average Bonchev–Trinajstić information content (AvgIpc) is 2.46. The smallest absolute Gasteiger partial charge is 0.0457 e. The maximum Gasteiger partial charge on any atom is 0.0457 e. The second-order valence-electron chi connectivity index (χ2n) is 5.53. The lowest BCUT2D eigenvalue weighted by Crippen LogP contribution is -2.31. The number of rotatable bonds is 2. The molecule has 1 unspecified atom stereocenters. The van der Waals surface area contributed by atoms with Crippen LogP contribution in [0.25, 0.3) is 0 Å². The molecule has 2 aromatic rings. The summed E-state index contributed by atoms with van der Waals surface area (Å²) in [5, 5.41) is 0. The summed E-state index contributed by atoms with van der Waals surface area (Å²) in [5.41, 5.74) is 11.1. The van der Waals surface area contributed by atoms with Crippen molar-refractivity contribution in [3.8, 4) is 0 Å². The molecule has 1 aliphatic heterocycles. The topological polar surface area (TPSA) is 29.3 Å². The Hall–Kier alpha value is -1.32. The Kier molecular flexibility index (Phi) is 3.81. The molecule has 0 spiro atoms. The molecule has 0 fully saturated rings. The van der Waals surface area contributed by atoms with Gasteiger partial charge in [-0.1, -0.05) is 41.1 Å². The molecule has 0 bridgehead atoms. The largest absolute Gasteiger partial charge is 0.341 e. The van der Waals surface area contributed by atoms with Gasteiger partial charge in [0.2, 0.25) is 0 Å². The van der Waals surface area contributed by atoms with Gasteiger partial charge in [-0.3, -0.25) is 0 Å². The first kappa shape index (κ1) is 13.7. The Balaban J connectivity index is 2.10. The lowest BCUT2D eigenvalue weighted by molar-refractivity contribution is 0.561. The van der Waals surface area contributed by atoms with Gasteiger partial charge in [-0.05, 0) is 47.7 Å². The Morgan fingerprint density at radius 1 is 1.20 bits per heavy atom. The van der Waals surface area contributed by atoms with Gasteiger partial charge in [-0.15, -0.1) is 0 Å². The molecule has 1 atom stereocenters. The number of benzene rings is 2. The minimum atomic E-state index is 0.557. The molecule has 0 radical (unpaired) electrons. The molecule has 2 nitrogen and oxygen atoms in total. The van der Waals surface area contributed by atoms with Crippen molar-refractivity contribution in [1.82, 2.24) is 0 Å². The zero-order chi connectivity index (χ0) is 14.1. The molecule has 1 heterocycles. The van der Waals surface area contributed by atoms with Gasteiger partial charge in [0, 0.05) is 28.9 Å². The first-order valence-corrected chi connectivity index (χ1v) is 7.82. The Morgan fingerprint density at radius 2 is 2.00 bits per heavy atom. The van der Waals surface area contributed by atoms with Crippen LogP contribution in [0.15, 0.2) is 46.9 Å². The van der Waals surface area contributed by atoms with E-state index in [2.05, 4.69) is 70.2 Å². The van der Waals surface area contributed by atoms with E-state index in [9.17, 15) is 0 Å². The summed E-state index contributed by atoms with van der Waals surface area (Å²) in [6, 6.07) is 15.1. The van der Waals surface area contributed by atoms with E-state index < -0.39 is 0 Å². The summed E-state index contributed by atoms with van der Waals surface area (Å²) in [4.78, 5) is 2.41. The number of halogens is 1. The van der Waals surface area contributed by atoms with E-state index in [4.69, 9.17) is 5.73 Å². The van der Waals surface area contributed by atoms with E-state index >= 15 is 0 Å². The summed E-state index contributed by atoms with van der Waals surface area (Å²) in [6.07, 6.45) is 1.15. The summed E-state index contributed by atoms with van der Waals surface area (Å²) in [7, 11) is 0. The SMILES string of the molecule is CC1Cc2ccccc2N(c2ccc(Br)cc2CN)C1. The van der Waals surface area contributed by atoms with Crippen LogP contribution in [-0.2, 0) is 13.0 Å². The molecule has 0 saturated carbocycles. The van der Waals surface area contributed by atoms with Crippen molar-refractivity contribution in [2.45, 2.75) is 19.9 Å². The molecule has 104 valence electrons. The third kappa shape index (κ3) is 2.48. The van der Waals surface area contributed by atoms with Gasteiger partial charge in [0.05, 0.1) is 0 Å². The molecule has 2 aromatic carbocycles. The summed E-state index contributed by atoms with van der Waals surface area (Å²) in [6.45, 7) is 3.91. The highest BCUT2D eigenvalue weighted by atomic mass is 79.9. The van der Waals surface area contributed by atoms with Crippen LogP contribution in [0, 0.1) is 5.92 Å². The predicted octanol–water partition coefficient (Wildman–Crippen LogP) is 4.24. The molecule has 0 amide bonds. The highest BCUT2D eigenvalue weighted by molar-refractivity contribution is 9.10. The van der Waals surface area contributed by atoms with Crippen LogP contribution < -0.4 is 10.6 Å². The third-order valence-corrected chi connectivity index (χ3v) is 4.39. The number of hydrogen-bond acceptors (Lipinski definition) is 2. The minimum absolute atomic E-state index is 0.557. The number of hydrogen-bond donors (Lipinski definition) is 1. The molecule has 1 aliphatic rings. The molecule has 0 saturated heterocycles. The average molecular weight is 331 g/mol. The van der Waals surface area contributed by atoms with Crippen LogP contribution in [0.4, 0.5) is 11.4 Å². The van der Waals surface area contributed by atoms with Crippen LogP contribution in [0.1, 0.15) is 18.1 Å². The van der Waals surface area contributed by atoms with Crippen molar-refractivity contribution < 1.29 is 0 Å². The summed E-state index contributed by atoms with van der Waals surface area (Å²) in [5.74, 6) is 0.652. The quantitative estimate of drug-likeness (QED) is 0.892. The minimum Gasteiger partial charge on any atom is -0.341 e. The molecular formula is C17H19BrN2. The monoisotopic (exact) mass is 330 g/mol. The van der Waals surface area contributed by atoms with Crippen LogP contribution in [0.3, 0.4) is 0 Å². The molecule has 20 heavy (non-hydrogen) atoms. The standard InChI is InChI=1S/C17H19BrN2/c1-12-8-13-4-2-3-5-16(13)20(11-12)17-7-6-15(18)9-14(17)10-19/h2-7,9,12H,8,10-11,19H2,1H3. The molecule has 0 aliphatic carbocycles. The number of fused-ring (bicyclic) bond motifs is 1. The van der Waals surface area contributed by atoms with Crippen molar-refractivity contribution in [1.29, 1.82) is 0 Å². The van der Waals surface area contributed by atoms with Gasteiger partial charge in [0.25, 0.3) is 0 Å². The Bertz CT molecular complexity index is 624. The van der Waals surface area contributed by atoms with Gasteiger partial charge < -0.3 is 10.6 Å². The molecule has 0 aromatic heterocycles. The molecule has 3 rings (SSSR count). The number of nitrogens with two attached hydrogens (primary N) is 1. The van der Waals surface area contributed by atoms with E-state index in [0.717, 1.165) is 17.4 Å². The zero-order valence-electron chi connectivity index (χ0n) is 11.6. The predicted molar refractivity (Wildman–Crippen MR) is 88.3 cm³/mol. The van der Waals surface area contributed by atoms with Gasteiger partial charge in [0.15, 0.2) is 0 Å². The van der Waals surface area contributed by atoms with Crippen molar-refractivity contribution in [3.63, 3.8) is 0 Å². The molecular weight excluding hydrogens is 312 g/mol. The van der Waals surface area contributed by atoms with Gasteiger partial charge >= 0.3 is 0 Å². The highest BCUT2D eigenvalue weighted by Crippen LogP contribution is 2.37. The Morgan fingerprint density at radius 3 is 2.80 bits per heavy atom.